The molecule has 2 aromatic carbocycles. The Kier molecular flexibility index (Phi) is 3.47. The van der Waals surface area contributed by atoms with Crippen LogP contribution in [0.4, 0.5) is 5.69 Å². The van der Waals surface area contributed by atoms with Gasteiger partial charge < -0.3 is 5.11 Å². The van der Waals surface area contributed by atoms with Crippen LogP contribution < -0.4 is 4.31 Å². The third-order valence-electron chi connectivity index (χ3n) is 3.72. The quantitative estimate of drug-likeness (QED) is 0.820. The number of sulfonamides is 1. The van der Waals surface area contributed by atoms with E-state index in [1.54, 1.807) is 36.4 Å². The minimum atomic E-state index is -3.68. The smallest absolute Gasteiger partial charge is 0.264 e. The molecule has 0 bridgehead atoms. The highest BCUT2D eigenvalue weighted by atomic mass is 32.2. The van der Waals surface area contributed by atoms with Crippen molar-refractivity contribution in [3.8, 4) is 0 Å². The van der Waals surface area contributed by atoms with Crippen LogP contribution in [0, 0.1) is 0 Å². The lowest BCUT2D eigenvalue weighted by molar-refractivity contribution is 0.218. The van der Waals surface area contributed by atoms with E-state index in [9.17, 15) is 13.5 Å². The molecule has 6 heteroatoms. The molecule has 0 saturated heterocycles. The SMILES string of the molecule is CSc1ccc2c(c1)S(=O)(=O)N(C)c1ccccc1C2O. The summed E-state index contributed by atoms with van der Waals surface area (Å²) in [6.45, 7) is 0. The zero-order chi connectivity index (χ0) is 15.2. The summed E-state index contributed by atoms with van der Waals surface area (Å²) in [6.07, 6.45) is 0.937. The summed E-state index contributed by atoms with van der Waals surface area (Å²) >= 11 is 1.47. The van der Waals surface area contributed by atoms with E-state index in [0.29, 0.717) is 16.8 Å². The molecular formula is C15H15NO3S2. The van der Waals surface area contributed by atoms with Crippen molar-refractivity contribution in [2.24, 2.45) is 0 Å². The van der Waals surface area contributed by atoms with Crippen molar-refractivity contribution < 1.29 is 13.5 Å². The van der Waals surface area contributed by atoms with Crippen LogP contribution in [0.2, 0.25) is 0 Å². The fourth-order valence-corrected chi connectivity index (χ4v) is 4.53. The monoisotopic (exact) mass is 321 g/mol. The van der Waals surface area contributed by atoms with Gasteiger partial charge in [0.2, 0.25) is 0 Å². The van der Waals surface area contributed by atoms with Crippen molar-refractivity contribution in [1.82, 2.24) is 0 Å². The Morgan fingerprint density at radius 2 is 1.86 bits per heavy atom. The van der Waals surface area contributed by atoms with Crippen molar-refractivity contribution in [2.75, 3.05) is 17.6 Å². The first-order valence-electron chi connectivity index (χ1n) is 6.40. The molecule has 1 N–H and O–H groups in total. The predicted molar refractivity (Wildman–Crippen MR) is 84.3 cm³/mol. The molecule has 2 aromatic rings. The largest absolute Gasteiger partial charge is 0.384 e. The van der Waals surface area contributed by atoms with E-state index in [2.05, 4.69) is 0 Å². The molecule has 1 aliphatic heterocycles. The second kappa shape index (κ2) is 5.05. The fraction of sp³-hybridized carbons (Fsp3) is 0.200. The Morgan fingerprint density at radius 1 is 1.14 bits per heavy atom. The third-order valence-corrected chi connectivity index (χ3v) is 6.28. The Hall–Kier alpha value is -1.50. The average Bonchev–Trinajstić information content (AvgIpc) is 2.57. The highest BCUT2D eigenvalue weighted by Gasteiger charge is 2.34. The summed E-state index contributed by atoms with van der Waals surface area (Å²) in [5.41, 5.74) is 1.52. The van der Waals surface area contributed by atoms with Gasteiger partial charge in [-0.2, -0.15) is 0 Å². The molecule has 0 aromatic heterocycles. The van der Waals surface area contributed by atoms with Crippen molar-refractivity contribution in [2.45, 2.75) is 15.9 Å². The lowest BCUT2D eigenvalue weighted by Crippen LogP contribution is -2.26. The summed E-state index contributed by atoms with van der Waals surface area (Å²) < 4.78 is 26.8. The number of hydrogen-bond donors (Lipinski definition) is 1. The summed E-state index contributed by atoms with van der Waals surface area (Å²) in [5.74, 6) is 0. The number of aliphatic hydroxyl groups is 1. The third kappa shape index (κ3) is 2.14. The van der Waals surface area contributed by atoms with Crippen molar-refractivity contribution >= 4 is 27.5 Å². The average molecular weight is 321 g/mol. The van der Waals surface area contributed by atoms with Crippen molar-refractivity contribution in [1.29, 1.82) is 0 Å². The Balaban J connectivity index is 2.36. The van der Waals surface area contributed by atoms with Crippen LogP contribution in [0.5, 0.6) is 0 Å². The van der Waals surface area contributed by atoms with Gasteiger partial charge in [0.1, 0.15) is 6.10 Å². The van der Waals surface area contributed by atoms with Gasteiger partial charge in [0, 0.05) is 23.1 Å². The first-order chi connectivity index (χ1) is 9.96. The molecule has 0 fully saturated rings. The molecule has 0 radical (unpaired) electrons. The van der Waals surface area contributed by atoms with Crippen LogP contribution in [-0.2, 0) is 10.0 Å². The van der Waals surface area contributed by atoms with E-state index in [-0.39, 0.29) is 4.90 Å². The van der Waals surface area contributed by atoms with E-state index in [1.807, 2.05) is 12.3 Å². The summed E-state index contributed by atoms with van der Waals surface area (Å²) in [4.78, 5) is 1.02. The molecule has 0 amide bonds. The minimum Gasteiger partial charge on any atom is -0.384 e. The molecule has 110 valence electrons. The van der Waals surface area contributed by atoms with Gasteiger partial charge >= 0.3 is 0 Å². The molecule has 0 aliphatic carbocycles. The number of benzene rings is 2. The van der Waals surface area contributed by atoms with Gasteiger partial charge in [0.25, 0.3) is 10.0 Å². The molecule has 4 nitrogen and oxygen atoms in total. The predicted octanol–water partition coefficient (Wildman–Crippen LogP) is 2.63. The standard InChI is InChI=1S/C15H15NO3S2/c1-16-13-6-4-3-5-11(13)15(17)12-8-7-10(20-2)9-14(12)21(16,18)19/h3-9,15,17H,1-2H3. The lowest BCUT2D eigenvalue weighted by Gasteiger charge is -2.19. The summed E-state index contributed by atoms with van der Waals surface area (Å²) in [5, 5.41) is 10.6. The molecule has 1 aliphatic rings. The van der Waals surface area contributed by atoms with Gasteiger partial charge in [-0.25, -0.2) is 8.42 Å². The molecular weight excluding hydrogens is 306 g/mol. The topological polar surface area (TPSA) is 57.6 Å². The normalized spacial score (nSPS) is 19.6. The Bertz CT molecular complexity index is 802. The zero-order valence-electron chi connectivity index (χ0n) is 11.6. The molecule has 1 heterocycles. The number of para-hydroxylation sites is 1. The van der Waals surface area contributed by atoms with E-state index in [0.717, 1.165) is 4.90 Å². The van der Waals surface area contributed by atoms with Crippen LogP contribution >= 0.6 is 11.8 Å². The highest BCUT2D eigenvalue weighted by Crippen LogP contribution is 2.40. The number of rotatable bonds is 1. The highest BCUT2D eigenvalue weighted by molar-refractivity contribution is 7.98. The van der Waals surface area contributed by atoms with E-state index < -0.39 is 16.1 Å². The number of hydrogen-bond acceptors (Lipinski definition) is 4. The number of fused-ring (bicyclic) bond motifs is 2. The zero-order valence-corrected chi connectivity index (χ0v) is 13.3. The minimum absolute atomic E-state index is 0.167. The second-order valence-electron chi connectivity index (χ2n) is 4.84. The number of thioether (sulfide) groups is 1. The van der Waals surface area contributed by atoms with E-state index in [4.69, 9.17) is 0 Å². The van der Waals surface area contributed by atoms with Gasteiger partial charge in [0.15, 0.2) is 0 Å². The maximum Gasteiger partial charge on any atom is 0.264 e. The maximum atomic E-state index is 12.8. The molecule has 0 saturated carbocycles. The van der Waals surface area contributed by atoms with Crippen LogP contribution in [0.3, 0.4) is 0 Å². The first-order valence-corrected chi connectivity index (χ1v) is 9.07. The molecule has 3 rings (SSSR count). The summed E-state index contributed by atoms with van der Waals surface area (Å²) in [7, 11) is -2.16. The fourth-order valence-electron chi connectivity index (χ4n) is 2.54. The first kappa shape index (κ1) is 14.4. The summed E-state index contributed by atoms with van der Waals surface area (Å²) in [6, 6.07) is 12.2. The van der Waals surface area contributed by atoms with Gasteiger partial charge in [-0.15, -0.1) is 11.8 Å². The number of nitrogens with zero attached hydrogens (tertiary/aromatic N) is 1. The van der Waals surface area contributed by atoms with Crippen LogP contribution in [-0.4, -0.2) is 26.8 Å². The molecule has 1 unspecified atom stereocenters. The van der Waals surface area contributed by atoms with Crippen molar-refractivity contribution in [3.05, 3.63) is 53.6 Å². The molecule has 1 atom stereocenters. The van der Waals surface area contributed by atoms with Crippen LogP contribution in [0.25, 0.3) is 0 Å². The number of aliphatic hydroxyl groups excluding tert-OH is 1. The maximum absolute atomic E-state index is 12.8. The molecule has 0 spiro atoms. The Labute approximate surface area is 128 Å². The Morgan fingerprint density at radius 3 is 2.57 bits per heavy atom. The molecule has 21 heavy (non-hydrogen) atoms. The van der Waals surface area contributed by atoms with E-state index in [1.165, 1.54) is 23.1 Å². The van der Waals surface area contributed by atoms with Gasteiger partial charge in [-0.05, 0) is 24.5 Å². The van der Waals surface area contributed by atoms with Gasteiger partial charge in [0.05, 0.1) is 10.6 Å². The lowest BCUT2D eigenvalue weighted by atomic mass is 10.00. The van der Waals surface area contributed by atoms with Crippen LogP contribution in [0.1, 0.15) is 17.2 Å². The van der Waals surface area contributed by atoms with Gasteiger partial charge in [-0.1, -0.05) is 24.3 Å². The van der Waals surface area contributed by atoms with Crippen molar-refractivity contribution in [3.63, 3.8) is 0 Å². The van der Waals surface area contributed by atoms with Gasteiger partial charge in [-0.3, -0.25) is 4.31 Å². The second-order valence-corrected chi connectivity index (χ2v) is 7.65. The van der Waals surface area contributed by atoms with Crippen LogP contribution in [0.15, 0.2) is 52.3 Å². The number of anilines is 1. The van der Waals surface area contributed by atoms with E-state index >= 15 is 0 Å².